The van der Waals surface area contributed by atoms with Crippen LogP contribution in [0, 0.1) is 5.92 Å². The molecule has 0 radical (unpaired) electrons. The van der Waals surface area contributed by atoms with Crippen LogP contribution >= 0.6 is 12.2 Å². The van der Waals surface area contributed by atoms with E-state index in [1.54, 1.807) is 0 Å². The summed E-state index contributed by atoms with van der Waals surface area (Å²) in [6.07, 6.45) is 2.43. The minimum absolute atomic E-state index is 0.481. The Labute approximate surface area is 223 Å². The average Bonchev–Trinajstić information content (AvgIpc) is 3.36. The van der Waals surface area contributed by atoms with Crippen molar-refractivity contribution >= 4 is 34.9 Å². The molecular formula is C28H32N6O2S. The third-order valence-electron chi connectivity index (χ3n) is 7.13. The number of piperidine rings is 1. The number of fused-ring (bicyclic) bond motifs is 2. The molecule has 0 unspecified atom stereocenters. The maximum Gasteiger partial charge on any atom is 0.232 e. The highest BCUT2D eigenvalue weighted by Gasteiger charge is 2.24. The van der Waals surface area contributed by atoms with E-state index in [-0.39, 0.29) is 0 Å². The van der Waals surface area contributed by atoms with Crippen molar-refractivity contribution in [1.82, 2.24) is 15.3 Å². The van der Waals surface area contributed by atoms with Crippen molar-refractivity contribution < 1.29 is 9.47 Å². The van der Waals surface area contributed by atoms with E-state index in [9.17, 15) is 0 Å². The van der Waals surface area contributed by atoms with E-state index in [1.165, 1.54) is 24.0 Å². The standard InChI is InChI=1S/C28H32N6O2S/c1-19-5-4-10-33(16-19)25-14-26(34-17-21-6-2-3-7-22(21)18-34)31-27(30-25)32-28(37)29-15-20-8-9-23-24(13-20)36-12-11-35-23/h2-3,6-9,13-14,19H,4-5,10-12,15-18H2,1H3,(H2,29,30,31,32,37)/t19-/m0/s1. The minimum atomic E-state index is 0.481. The molecule has 37 heavy (non-hydrogen) atoms. The molecule has 1 aromatic heterocycles. The first-order chi connectivity index (χ1) is 18.1. The molecule has 3 aromatic rings. The molecule has 4 heterocycles. The van der Waals surface area contributed by atoms with Crippen molar-refractivity contribution in [3.05, 3.63) is 65.2 Å². The lowest BCUT2D eigenvalue weighted by molar-refractivity contribution is 0.171. The van der Waals surface area contributed by atoms with Gasteiger partial charge in [-0.3, -0.25) is 0 Å². The maximum absolute atomic E-state index is 5.70. The Morgan fingerprint density at radius 1 is 0.973 bits per heavy atom. The van der Waals surface area contributed by atoms with Gasteiger partial charge in [-0.05, 0) is 59.8 Å². The molecule has 0 bridgehead atoms. The van der Waals surface area contributed by atoms with Crippen molar-refractivity contribution in [3.8, 4) is 11.5 Å². The van der Waals surface area contributed by atoms with Gasteiger partial charge in [0.15, 0.2) is 16.6 Å². The number of rotatable bonds is 5. The van der Waals surface area contributed by atoms with Crippen LogP contribution in [-0.4, -0.2) is 41.4 Å². The third kappa shape index (κ3) is 5.41. The molecule has 6 rings (SSSR count). The molecule has 1 atom stereocenters. The lowest BCUT2D eigenvalue weighted by Crippen LogP contribution is -2.35. The van der Waals surface area contributed by atoms with Gasteiger partial charge in [-0.2, -0.15) is 9.97 Å². The number of anilines is 3. The first-order valence-corrected chi connectivity index (χ1v) is 13.4. The van der Waals surface area contributed by atoms with Crippen molar-refractivity contribution in [2.24, 2.45) is 5.92 Å². The molecule has 2 aromatic carbocycles. The lowest BCUT2D eigenvalue weighted by Gasteiger charge is -2.32. The second-order valence-electron chi connectivity index (χ2n) is 10.0. The molecule has 3 aliphatic rings. The number of benzene rings is 2. The van der Waals surface area contributed by atoms with Gasteiger partial charge in [0.05, 0.1) is 0 Å². The van der Waals surface area contributed by atoms with Crippen LogP contribution in [0.25, 0.3) is 0 Å². The minimum Gasteiger partial charge on any atom is -0.486 e. The summed E-state index contributed by atoms with van der Waals surface area (Å²) in [5.41, 5.74) is 3.75. The summed E-state index contributed by atoms with van der Waals surface area (Å²) in [5.74, 6) is 4.58. The smallest absolute Gasteiger partial charge is 0.232 e. The van der Waals surface area contributed by atoms with Gasteiger partial charge in [0.1, 0.15) is 24.8 Å². The van der Waals surface area contributed by atoms with Crippen LogP contribution in [0.2, 0.25) is 0 Å². The summed E-state index contributed by atoms with van der Waals surface area (Å²) in [6.45, 7) is 7.71. The predicted molar refractivity (Wildman–Crippen MR) is 149 cm³/mol. The SMILES string of the molecule is C[C@H]1CCCN(c2cc(N3Cc4ccccc4C3)nc(NC(=S)NCc3ccc4c(c3)OCCO4)n2)C1. The lowest BCUT2D eigenvalue weighted by atomic mass is 10.0. The Kier molecular flexibility index (Phi) is 6.70. The number of hydrogen-bond acceptors (Lipinski definition) is 7. The monoisotopic (exact) mass is 516 g/mol. The van der Waals surface area contributed by atoms with Crippen LogP contribution < -0.4 is 29.9 Å². The van der Waals surface area contributed by atoms with Crippen molar-refractivity contribution in [3.63, 3.8) is 0 Å². The Bertz CT molecular complexity index is 1280. The third-order valence-corrected chi connectivity index (χ3v) is 7.38. The number of aromatic nitrogens is 2. The molecule has 0 saturated carbocycles. The van der Waals surface area contributed by atoms with Gasteiger partial charge >= 0.3 is 0 Å². The summed E-state index contributed by atoms with van der Waals surface area (Å²) >= 11 is 5.62. The molecule has 3 aliphatic heterocycles. The highest BCUT2D eigenvalue weighted by molar-refractivity contribution is 7.80. The van der Waals surface area contributed by atoms with Gasteiger partial charge < -0.3 is 29.9 Å². The van der Waals surface area contributed by atoms with Crippen molar-refractivity contribution in [2.75, 3.05) is 41.4 Å². The van der Waals surface area contributed by atoms with Crippen LogP contribution in [0.15, 0.2) is 48.5 Å². The van der Waals surface area contributed by atoms with E-state index in [4.69, 9.17) is 31.7 Å². The molecule has 0 spiro atoms. The molecule has 192 valence electrons. The second-order valence-corrected chi connectivity index (χ2v) is 10.4. The predicted octanol–water partition coefficient (Wildman–Crippen LogP) is 4.49. The number of hydrogen-bond donors (Lipinski definition) is 2. The molecule has 0 aliphatic carbocycles. The largest absolute Gasteiger partial charge is 0.486 e. The first-order valence-electron chi connectivity index (χ1n) is 13.0. The quantitative estimate of drug-likeness (QED) is 0.477. The zero-order chi connectivity index (χ0) is 25.2. The van der Waals surface area contributed by atoms with Gasteiger partial charge in [0, 0.05) is 38.8 Å². The zero-order valence-corrected chi connectivity index (χ0v) is 21.9. The van der Waals surface area contributed by atoms with Gasteiger partial charge in [-0.1, -0.05) is 37.3 Å². The number of thiocarbonyl (C=S) groups is 1. The zero-order valence-electron chi connectivity index (χ0n) is 21.1. The number of nitrogens with zero attached hydrogens (tertiary/aromatic N) is 4. The molecule has 0 amide bonds. The fourth-order valence-electron chi connectivity index (χ4n) is 5.22. The van der Waals surface area contributed by atoms with E-state index < -0.39 is 0 Å². The van der Waals surface area contributed by atoms with E-state index in [0.717, 1.165) is 54.9 Å². The van der Waals surface area contributed by atoms with Crippen LogP contribution in [0.1, 0.15) is 36.5 Å². The number of ether oxygens (including phenoxy) is 2. The molecule has 8 nitrogen and oxygen atoms in total. The normalized spacial score (nSPS) is 18.4. The second kappa shape index (κ2) is 10.4. The van der Waals surface area contributed by atoms with Gasteiger partial charge in [0.2, 0.25) is 5.95 Å². The Hall–Kier alpha value is -3.59. The van der Waals surface area contributed by atoms with E-state index >= 15 is 0 Å². The van der Waals surface area contributed by atoms with Crippen LogP contribution in [0.4, 0.5) is 17.6 Å². The van der Waals surface area contributed by atoms with E-state index in [0.29, 0.717) is 36.7 Å². The van der Waals surface area contributed by atoms with Crippen molar-refractivity contribution in [2.45, 2.75) is 39.4 Å². The van der Waals surface area contributed by atoms with Gasteiger partial charge in [-0.25, -0.2) is 0 Å². The molecule has 2 N–H and O–H groups in total. The highest BCUT2D eigenvalue weighted by Crippen LogP contribution is 2.32. The number of nitrogens with one attached hydrogen (secondary N) is 2. The maximum atomic E-state index is 5.70. The highest BCUT2D eigenvalue weighted by atomic mass is 32.1. The van der Waals surface area contributed by atoms with E-state index in [1.807, 2.05) is 18.2 Å². The van der Waals surface area contributed by atoms with E-state index in [2.05, 4.69) is 57.7 Å². The average molecular weight is 517 g/mol. The first kappa shape index (κ1) is 23.8. The topological polar surface area (TPSA) is 74.8 Å². The van der Waals surface area contributed by atoms with Gasteiger partial charge in [-0.15, -0.1) is 0 Å². The summed E-state index contributed by atoms with van der Waals surface area (Å²) in [7, 11) is 0. The molecule has 9 heteroatoms. The Morgan fingerprint density at radius 2 is 1.70 bits per heavy atom. The van der Waals surface area contributed by atoms with Crippen LogP contribution in [-0.2, 0) is 19.6 Å². The Balaban J connectivity index is 1.18. The summed E-state index contributed by atoms with van der Waals surface area (Å²) in [6, 6.07) is 16.7. The van der Waals surface area contributed by atoms with Crippen LogP contribution in [0.5, 0.6) is 11.5 Å². The summed E-state index contributed by atoms with van der Waals surface area (Å²) < 4.78 is 11.3. The molecule has 1 saturated heterocycles. The molecular weight excluding hydrogens is 484 g/mol. The molecule has 1 fully saturated rings. The van der Waals surface area contributed by atoms with Crippen molar-refractivity contribution in [1.29, 1.82) is 0 Å². The fourth-order valence-corrected chi connectivity index (χ4v) is 5.38. The summed E-state index contributed by atoms with van der Waals surface area (Å²) in [4.78, 5) is 14.4. The van der Waals surface area contributed by atoms with Crippen LogP contribution in [0.3, 0.4) is 0 Å². The van der Waals surface area contributed by atoms with Gasteiger partial charge in [0.25, 0.3) is 0 Å². The fraction of sp³-hybridized carbons (Fsp3) is 0.393. The summed E-state index contributed by atoms with van der Waals surface area (Å²) in [5, 5.41) is 7.00. The Morgan fingerprint density at radius 3 is 2.46 bits per heavy atom.